The highest BCUT2D eigenvalue weighted by Crippen LogP contribution is 2.23. The largest absolute Gasteiger partial charge is 0.462 e. The minimum Gasteiger partial charge on any atom is -0.462 e. The normalized spacial score (nSPS) is 11.9. The molecule has 0 aliphatic rings. The highest BCUT2D eigenvalue weighted by molar-refractivity contribution is 7.86. The van der Waals surface area contributed by atoms with E-state index in [0.29, 0.717) is 12.8 Å². The van der Waals surface area contributed by atoms with Gasteiger partial charge in [0, 0.05) is 0 Å². The van der Waals surface area contributed by atoms with Gasteiger partial charge in [0.25, 0.3) is 10.1 Å². The molecule has 0 saturated carbocycles. The summed E-state index contributed by atoms with van der Waals surface area (Å²) in [5, 5.41) is 0. The number of hydrogen-bond donors (Lipinski definition) is 1. The lowest BCUT2D eigenvalue weighted by Crippen LogP contribution is -2.19. The van der Waals surface area contributed by atoms with Crippen LogP contribution in [0.2, 0.25) is 0 Å². The van der Waals surface area contributed by atoms with Gasteiger partial charge in [-0.15, -0.1) is 0 Å². The molecule has 0 radical (unpaired) electrons. The van der Waals surface area contributed by atoms with E-state index in [9.17, 15) is 22.6 Å². The van der Waals surface area contributed by atoms with Crippen molar-refractivity contribution >= 4 is 22.1 Å². The lowest BCUT2D eigenvalue weighted by molar-refractivity contribution is 0.0447. The Balaban J connectivity index is 2.14. The van der Waals surface area contributed by atoms with Gasteiger partial charge in [-0.05, 0) is 89.2 Å². The van der Waals surface area contributed by atoms with Crippen molar-refractivity contribution in [3.63, 3.8) is 0 Å². The molecule has 1 N–H and O–H groups in total. The van der Waals surface area contributed by atoms with E-state index in [-0.39, 0.29) is 18.8 Å². The molecule has 0 unspecified atom stereocenters. The van der Waals surface area contributed by atoms with Crippen molar-refractivity contribution in [1.29, 1.82) is 0 Å². The molecule has 0 amide bonds. The molecule has 0 bridgehead atoms. The summed E-state index contributed by atoms with van der Waals surface area (Å²) in [5.74, 6) is -1.77. The zero-order valence-corrected chi connectivity index (χ0v) is 42.4. The molecule has 0 saturated heterocycles. The Bertz CT molecular complexity index is 1400. The number of allylic oxidation sites excluding steroid dienone is 4. The lowest BCUT2D eigenvalue weighted by Gasteiger charge is -2.12. The van der Waals surface area contributed by atoms with Crippen molar-refractivity contribution in [2.24, 2.45) is 0 Å². The minimum absolute atomic E-state index is 0.0872. The summed E-state index contributed by atoms with van der Waals surface area (Å²) in [6.07, 6.45) is 59.5. The Hall–Kier alpha value is -2.45. The average molecular weight is 915 g/mol. The number of ether oxygens (including phenoxy) is 2. The molecule has 0 aromatic heterocycles. The highest BCUT2D eigenvalue weighted by atomic mass is 32.2. The smallest absolute Gasteiger partial charge is 0.340 e. The molecule has 1 aromatic rings. The highest BCUT2D eigenvalue weighted by Gasteiger charge is 2.28. The van der Waals surface area contributed by atoms with Gasteiger partial charge in [0.1, 0.15) is 4.90 Å². The maximum absolute atomic E-state index is 13.1. The summed E-state index contributed by atoms with van der Waals surface area (Å²) in [5.41, 5.74) is -0.697. The van der Waals surface area contributed by atoms with Crippen LogP contribution >= 0.6 is 0 Å². The molecular weight excluding hydrogens is 817 g/mol. The molecule has 0 aliphatic heterocycles. The van der Waals surface area contributed by atoms with Crippen LogP contribution in [0.1, 0.15) is 291 Å². The van der Waals surface area contributed by atoms with Crippen molar-refractivity contribution in [2.45, 2.75) is 276 Å². The lowest BCUT2D eigenvalue weighted by atomic mass is 10.0. The summed E-state index contributed by atoms with van der Waals surface area (Å²) < 4.78 is 45.0. The van der Waals surface area contributed by atoms with Gasteiger partial charge >= 0.3 is 11.9 Å². The van der Waals surface area contributed by atoms with Crippen LogP contribution in [0.4, 0.5) is 0 Å². The second kappa shape index (κ2) is 44.4. The summed E-state index contributed by atoms with van der Waals surface area (Å²) in [6.45, 7) is 4.79. The first-order valence-corrected chi connectivity index (χ1v) is 28.5. The number of rotatable bonds is 47. The number of esters is 2. The SMILES string of the molecule is CCCCCCCCCCCCCCCCC/C=C/CCCCCOC(=O)c1cccc(S(=O)(=O)O)c1C(=O)OCCCCC/C=C/CCCCCCCCCCCCCCCCC. The van der Waals surface area contributed by atoms with E-state index in [1.165, 1.54) is 205 Å². The topological polar surface area (TPSA) is 107 Å². The Labute approximate surface area is 394 Å². The molecule has 0 heterocycles. The van der Waals surface area contributed by atoms with Gasteiger partial charge in [0.2, 0.25) is 0 Å². The van der Waals surface area contributed by atoms with Crippen molar-refractivity contribution in [3.05, 3.63) is 53.6 Å². The number of carbonyl (C=O) groups excluding carboxylic acids is 2. The average Bonchev–Trinajstić information content (AvgIpc) is 3.28. The number of carbonyl (C=O) groups is 2. The molecule has 8 heteroatoms. The maximum Gasteiger partial charge on any atom is 0.340 e. The minimum atomic E-state index is -4.78. The molecular formula is C56H98O7S. The van der Waals surface area contributed by atoms with Crippen molar-refractivity contribution in [1.82, 2.24) is 0 Å². The van der Waals surface area contributed by atoms with Crippen LogP contribution in [0.25, 0.3) is 0 Å². The van der Waals surface area contributed by atoms with Crippen molar-refractivity contribution in [3.8, 4) is 0 Å². The van der Waals surface area contributed by atoms with Gasteiger partial charge in [-0.1, -0.05) is 224 Å². The van der Waals surface area contributed by atoms with E-state index in [0.717, 1.165) is 57.4 Å². The Morgan fingerprint density at radius 1 is 0.422 bits per heavy atom. The third kappa shape index (κ3) is 35.8. The molecule has 0 atom stereocenters. The molecule has 0 spiro atoms. The van der Waals surface area contributed by atoms with E-state index >= 15 is 0 Å². The molecule has 370 valence electrons. The molecule has 0 aliphatic carbocycles. The first kappa shape index (κ1) is 59.6. The van der Waals surface area contributed by atoms with Crippen LogP contribution in [-0.4, -0.2) is 38.1 Å². The van der Waals surface area contributed by atoms with Gasteiger partial charge in [0.15, 0.2) is 0 Å². The number of unbranched alkanes of at least 4 members (excludes halogenated alkanes) is 36. The fourth-order valence-electron chi connectivity index (χ4n) is 8.43. The fraction of sp³-hybridized carbons (Fsp3) is 0.786. The summed E-state index contributed by atoms with van der Waals surface area (Å²) >= 11 is 0. The zero-order chi connectivity index (χ0) is 46.4. The zero-order valence-electron chi connectivity index (χ0n) is 41.5. The number of benzene rings is 1. The molecule has 7 nitrogen and oxygen atoms in total. The monoisotopic (exact) mass is 915 g/mol. The fourth-order valence-corrected chi connectivity index (χ4v) is 9.13. The van der Waals surface area contributed by atoms with Crippen molar-refractivity contribution in [2.75, 3.05) is 13.2 Å². The standard InChI is InChI=1S/C56H98O7S/c1-3-5-7-9-11-13-15-17-19-21-23-25-27-29-31-33-35-37-39-41-43-45-50-62-55(57)52-48-47-49-53(64(59,60)61)54(52)56(58)63-51-46-44-42-40-38-36-34-32-30-28-26-24-22-20-18-16-14-12-10-8-6-4-2/h35-38,47-49H,3-34,39-46,50-51H2,1-2H3,(H,59,60,61)/b37-35+,38-36+. The number of hydrogen-bond acceptors (Lipinski definition) is 6. The predicted octanol–water partition coefficient (Wildman–Crippen LogP) is 18.0. The van der Waals surface area contributed by atoms with Crippen LogP contribution in [0.15, 0.2) is 47.4 Å². The van der Waals surface area contributed by atoms with Crippen LogP contribution in [0.3, 0.4) is 0 Å². The molecule has 64 heavy (non-hydrogen) atoms. The maximum atomic E-state index is 13.1. The molecule has 0 fully saturated rings. The third-order valence-corrected chi connectivity index (χ3v) is 13.4. The van der Waals surface area contributed by atoms with E-state index in [4.69, 9.17) is 9.47 Å². The second-order valence-electron chi connectivity index (χ2n) is 18.5. The van der Waals surface area contributed by atoms with Gasteiger partial charge in [-0.25, -0.2) is 9.59 Å². The van der Waals surface area contributed by atoms with Gasteiger partial charge in [-0.3, -0.25) is 4.55 Å². The van der Waals surface area contributed by atoms with Crippen LogP contribution < -0.4 is 0 Å². The quantitative estimate of drug-likeness (QED) is 0.0300. The van der Waals surface area contributed by atoms with Crippen LogP contribution in [0.5, 0.6) is 0 Å². The van der Waals surface area contributed by atoms with E-state index < -0.39 is 32.5 Å². The summed E-state index contributed by atoms with van der Waals surface area (Å²) in [7, 11) is -4.78. The Kier molecular flexibility index (Phi) is 41.3. The third-order valence-electron chi connectivity index (χ3n) is 12.5. The Morgan fingerprint density at radius 2 is 0.703 bits per heavy atom. The van der Waals surface area contributed by atoms with E-state index in [2.05, 4.69) is 38.2 Å². The Morgan fingerprint density at radius 3 is 1.02 bits per heavy atom. The first-order valence-electron chi connectivity index (χ1n) is 27.1. The first-order chi connectivity index (χ1) is 31.3. The molecule has 1 rings (SSSR count). The summed E-state index contributed by atoms with van der Waals surface area (Å²) in [6, 6.07) is 3.75. The van der Waals surface area contributed by atoms with Gasteiger partial charge < -0.3 is 9.47 Å². The summed E-state index contributed by atoms with van der Waals surface area (Å²) in [4.78, 5) is 25.5. The van der Waals surface area contributed by atoms with Gasteiger partial charge in [0.05, 0.1) is 24.3 Å². The van der Waals surface area contributed by atoms with Crippen molar-refractivity contribution < 1.29 is 32.0 Å². The molecule has 1 aromatic carbocycles. The second-order valence-corrected chi connectivity index (χ2v) is 19.9. The predicted molar refractivity (Wildman–Crippen MR) is 271 cm³/mol. The van der Waals surface area contributed by atoms with E-state index in [1.54, 1.807) is 0 Å². The van der Waals surface area contributed by atoms with E-state index in [1.807, 2.05) is 0 Å². The van der Waals surface area contributed by atoms with Crippen LogP contribution in [0, 0.1) is 0 Å². The van der Waals surface area contributed by atoms with Gasteiger partial charge in [-0.2, -0.15) is 8.42 Å². The van der Waals surface area contributed by atoms with Crippen LogP contribution in [-0.2, 0) is 19.6 Å².